The average molecular weight is 362 g/mol. The topological polar surface area (TPSA) is 76.1 Å². The third-order valence-corrected chi connectivity index (χ3v) is 3.94. The van der Waals surface area contributed by atoms with Crippen LogP contribution in [0.15, 0.2) is 66.7 Å². The van der Waals surface area contributed by atoms with Crippen LogP contribution in [0, 0.1) is 0 Å². The van der Waals surface area contributed by atoms with E-state index in [0.29, 0.717) is 24.5 Å². The van der Waals surface area contributed by atoms with Gasteiger partial charge in [0.2, 0.25) is 0 Å². The number of nitrogens with zero attached hydrogens (tertiary/aromatic N) is 2. The largest absolute Gasteiger partial charge is 0.385 e. The maximum Gasteiger partial charge on any atom is 0.251 e. The Balaban J connectivity index is 1.63. The Bertz CT molecular complexity index is 867. The van der Waals surface area contributed by atoms with Gasteiger partial charge in [-0.3, -0.25) is 4.79 Å². The molecule has 2 N–H and O–H groups in total. The first kappa shape index (κ1) is 18.5. The van der Waals surface area contributed by atoms with Crippen LogP contribution in [0.3, 0.4) is 0 Å². The van der Waals surface area contributed by atoms with Crippen LogP contribution < -0.4 is 10.6 Å². The molecule has 0 atom stereocenters. The van der Waals surface area contributed by atoms with Gasteiger partial charge in [-0.1, -0.05) is 36.4 Å². The fourth-order valence-corrected chi connectivity index (χ4v) is 2.57. The quantitative estimate of drug-likeness (QED) is 0.598. The molecule has 138 valence electrons. The SMILES string of the molecule is COCCCNC(=O)c1cccc(Nc2ccc(-c3ccccc3)nn2)c1. The maximum absolute atomic E-state index is 12.2. The van der Waals surface area contributed by atoms with Gasteiger partial charge in [-0.15, -0.1) is 10.2 Å². The smallest absolute Gasteiger partial charge is 0.251 e. The second kappa shape index (κ2) is 9.45. The van der Waals surface area contributed by atoms with Crippen molar-refractivity contribution in [3.8, 4) is 11.3 Å². The molecule has 1 heterocycles. The van der Waals surface area contributed by atoms with E-state index in [1.807, 2.05) is 54.6 Å². The molecule has 0 spiro atoms. The summed E-state index contributed by atoms with van der Waals surface area (Å²) in [6, 6.07) is 20.9. The van der Waals surface area contributed by atoms with Crippen molar-refractivity contribution in [2.75, 3.05) is 25.6 Å². The van der Waals surface area contributed by atoms with Crippen LogP contribution in [0.5, 0.6) is 0 Å². The molecule has 1 aromatic heterocycles. The highest BCUT2D eigenvalue weighted by Crippen LogP contribution is 2.19. The zero-order chi connectivity index (χ0) is 18.9. The van der Waals surface area contributed by atoms with Crippen molar-refractivity contribution in [2.24, 2.45) is 0 Å². The summed E-state index contributed by atoms with van der Waals surface area (Å²) in [5, 5.41) is 14.5. The zero-order valence-corrected chi connectivity index (χ0v) is 15.2. The molecule has 0 fully saturated rings. The van der Waals surface area contributed by atoms with Gasteiger partial charge in [0.1, 0.15) is 0 Å². The van der Waals surface area contributed by atoms with E-state index in [1.165, 1.54) is 0 Å². The minimum Gasteiger partial charge on any atom is -0.385 e. The Morgan fingerprint density at radius 3 is 2.59 bits per heavy atom. The molecule has 0 bridgehead atoms. The molecule has 0 radical (unpaired) electrons. The number of rotatable bonds is 8. The van der Waals surface area contributed by atoms with Gasteiger partial charge < -0.3 is 15.4 Å². The van der Waals surface area contributed by atoms with Gasteiger partial charge in [0.25, 0.3) is 5.91 Å². The zero-order valence-electron chi connectivity index (χ0n) is 15.2. The van der Waals surface area contributed by atoms with E-state index in [0.717, 1.165) is 23.4 Å². The van der Waals surface area contributed by atoms with Crippen LogP contribution in [0.1, 0.15) is 16.8 Å². The van der Waals surface area contributed by atoms with E-state index in [9.17, 15) is 4.79 Å². The van der Waals surface area contributed by atoms with Crippen LogP contribution in [0.4, 0.5) is 11.5 Å². The normalized spacial score (nSPS) is 10.4. The molecule has 0 saturated carbocycles. The van der Waals surface area contributed by atoms with Gasteiger partial charge in [0, 0.05) is 37.1 Å². The molecule has 27 heavy (non-hydrogen) atoms. The molecule has 0 saturated heterocycles. The lowest BCUT2D eigenvalue weighted by Gasteiger charge is -2.09. The number of aromatic nitrogens is 2. The van der Waals surface area contributed by atoms with Crippen molar-refractivity contribution in [1.82, 2.24) is 15.5 Å². The standard InChI is InChI=1S/C21H22N4O2/c1-27-14-6-13-22-21(26)17-9-5-10-18(15-17)23-20-12-11-19(24-25-20)16-7-3-2-4-8-16/h2-5,7-12,15H,6,13-14H2,1H3,(H,22,26)(H,23,25). The Morgan fingerprint density at radius 2 is 1.85 bits per heavy atom. The molecule has 0 aliphatic heterocycles. The van der Waals surface area contributed by atoms with E-state index in [2.05, 4.69) is 20.8 Å². The number of hydrogen-bond acceptors (Lipinski definition) is 5. The van der Waals surface area contributed by atoms with Crippen molar-refractivity contribution in [3.63, 3.8) is 0 Å². The molecule has 0 unspecified atom stereocenters. The first-order chi connectivity index (χ1) is 13.3. The number of nitrogens with one attached hydrogen (secondary N) is 2. The molecular formula is C21H22N4O2. The molecule has 6 nitrogen and oxygen atoms in total. The number of ether oxygens (including phenoxy) is 1. The second-order valence-corrected chi connectivity index (χ2v) is 5.98. The highest BCUT2D eigenvalue weighted by Gasteiger charge is 2.07. The molecule has 3 aromatic rings. The van der Waals surface area contributed by atoms with Crippen molar-refractivity contribution in [3.05, 3.63) is 72.3 Å². The number of amides is 1. The number of methoxy groups -OCH3 is 1. The fraction of sp³-hybridized carbons (Fsp3) is 0.190. The van der Waals surface area contributed by atoms with E-state index < -0.39 is 0 Å². The summed E-state index contributed by atoms with van der Waals surface area (Å²) >= 11 is 0. The third-order valence-electron chi connectivity index (χ3n) is 3.94. The second-order valence-electron chi connectivity index (χ2n) is 5.98. The Hall–Kier alpha value is -3.25. The van der Waals surface area contributed by atoms with E-state index in [1.54, 1.807) is 19.2 Å². The van der Waals surface area contributed by atoms with Gasteiger partial charge in [-0.05, 0) is 36.8 Å². The van der Waals surface area contributed by atoms with E-state index >= 15 is 0 Å². The van der Waals surface area contributed by atoms with Crippen molar-refractivity contribution >= 4 is 17.4 Å². The molecule has 3 rings (SSSR count). The fourth-order valence-electron chi connectivity index (χ4n) is 2.57. The summed E-state index contributed by atoms with van der Waals surface area (Å²) in [5.41, 5.74) is 3.20. The first-order valence-corrected chi connectivity index (χ1v) is 8.79. The number of anilines is 2. The first-order valence-electron chi connectivity index (χ1n) is 8.79. The predicted octanol–water partition coefficient (Wildman–Crippen LogP) is 3.65. The van der Waals surface area contributed by atoms with Crippen molar-refractivity contribution in [2.45, 2.75) is 6.42 Å². The van der Waals surface area contributed by atoms with Crippen LogP contribution in [0.2, 0.25) is 0 Å². The molecule has 2 aromatic carbocycles. The van der Waals surface area contributed by atoms with Gasteiger partial charge in [-0.25, -0.2) is 0 Å². The minimum atomic E-state index is -0.111. The lowest BCUT2D eigenvalue weighted by molar-refractivity contribution is 0.0948. The summed E-state index contributed by atoms with van der Waals surface area (Å²) in [6.45, 7) is 1.20. The van der Waals surface area contributed by atoms with Gasteiger partial charge in [-0.2, -0.15) is 0 Å². The molecular weight excluding hydrogens is 340 g/mol. The lowest BCUT2D eigenvalue weighted by atomic mass is 10.1. The van der Waals surface area contributed by atoms with Crippen molar-refractivity contribution in [1.29, 1.82) is 0 Å². The molecule has 1 amide bonds. The predicted molar refractivity (Wildman–Crippen MR) is 106 cm³/mol. The average Bonchev–Trinajstić information content (AvgIpc) is 2.72. The summed E-state index contributed by atoms with van der Waals surface area (Å²) in [4.78, 5) is 12.2. The Morgan fingerprint density at radius 1 is 1.00 bits per heavy atom. The van der Waals surface area contributed by atoms with Crippen LogP contribution in [-0.2, 0) is 4.74 Å². The molecule has 0 aliphatic carbocycles. The number of benzene rings is 2. The summed E-state index contributed by atoms with van der Waals surface area (Å²) < 4.78 is 4.98. The lowest BCUT2D eigenvalue weighted by Crippen LogP contribution is -2.25. The van der Waals surface area contributed by atoms with Gasteiger partial charge in [0.05, 0.1) is 5.69 Å². The molecule has 6 heteroatoms. The van der Waals surface area contributed by atoms with Crippen molar-refractivity contribution < 1.29 is 9.53 Å². The van der Waals surface area contributed by atoms with Gasteiger partial charge in [0.15, 0.2) is 5.82 Å². The number of carbonyl (C=O) groups is 1. The third kappa shape index (κ3) is 5.36. The Labute approximate surface area is 158 Å². The summed E-state index contributed by atoms with van der Waals surface area (Å²) in [7, 11) is 1.65. The van der Waals surface area contributed by atoms with Gasteiger partial charge >= 0.3 is 0 Å². The minimum absolute atomic E-state index is 0.111. The molecule has 0 aliphatic rings. The van der Waals surface area contributed by atoms with E-state index in [4.69, 9.17) is 4.74 Å². The van der Waals surface area contributed by atoms with Crippen LogP contribution in [0.25, 0.3) is 11.3 Å². The van der Waals surface area contributed by atoms with Crippen LogP contribution in [-0.4, -0.2) is 36.4 Å². The number of hydrogen-bond donors (Lipinski definition) is 2. The Kier molecular flexibility index (Phi) is 6.49. The monoisotopic (exact) mass is 362 g/mol. The summed E-state index contributed by atoms with van der Waals surface area (Å²) in [5.74, 6) is 0.507. The maximum atomic E-state index is 12.2. The van der Waals surface area contributed by atoms with E-state index in [-0.39, 0.29) is 5.91 Å². The highest BCUT2D eigenvalue weighted by atomic mass is 16.5. The summed E-state index contributed by atoms with van der Waals surface area (Å²) in [6.07, 6.45) is 0.781. The highest BCUT2D eigenvalue weighted by molar-refractivity contribution is 5.95. The van der Waals surface area contributed by atoms with Crippen LogP contribution >= 0.6 is 0 Å². The number of carbonyl (C=O) groups excluding carboxylic acids is 1.